The molecule has 0 radical (unpaired) electrons. The number of aliphatic hydroxyl groups is 10. The summed E-state index contributed by atoms with van der Waals surface area (Å²) in [6.07, 6.45) is -23.2. The fraction of sp³-hybridized carbons (Fsp3) is 0.786. The van der Waals surface area contributed by atoms with Crippen LogP contribution in [-0.2, 0) is 42.8 Å². The molecule has 5 saturated heterocycles. The molecule has 0 amide bonds. The first-order chi connectivity index (χ1) is 34.4. The van der Waals surface area contributed by atoms with Gasteiger partial charge in [-0.05, 0) is 38.5 Å². The molecule has 5 aliphatic heterocycles. The number of carboxylic acid groups (broad SMARTS) is 3. The minimum Gasteiger partial charge on any atom is -0.479 e. The van der Waals surface area contributed by atoms with Crippen molar-refractivity contribution >= 4 is 52.5 Å². The fourth-order valence-electron chi connectivity index (χ4n) is 9.05. The Morgan fingerprint density at radius 2 is 0.764 bits per heavy atom. The fourth-order valence-corrected chi connectivity index (χ4v) is 9.05. The average molecular weight is 1030 g/mol. The number of rotatable bonds is 21. The van der Waals surface area contributed by atoms with Crippen molar-refractivity contribution in [3.63, 3.8) is 0 Å². The Labute approximate surface area is 410 Å². The molecular formula is C42H64N8O22. The molecule has 15 unspecified atom stereocenters. The zero-order valence-electron chi connectivity index (χ0n) is 39.0. The number of anilines is 4. The number of aliphatic carboxylic acids is 3. The van der Waals surface area contributed by atoms with Crippen LogP contribution in [0.25, 0.3) is 11.0 Å². The molecule has 2 aromatic heterocycles. The molecule has 404 valence electrons. The molecular weight excluding hydrogens is 968 g/mol. The third-order valence-corrected chi connectivity index (χ3v) is 13.1. The van der Waals surface area contributed by atoms with E-state index in [0.29, 0.717) is 43.3 Å². The number of aliphatic hydroxyl groups excluding tert-OH is 10. The Balaban J connectivity index is 1.24. The average Bonchev–Trinajstić information content (AvgIpc) is 3.37. The highest BCUT2D eigenvalue weighted by molar-refractivity contribution is 5.95. The highest BCUT2D eigenvalue weighted by atomic mass is 16.7. The van der Waals surface area contributed by atoms with Crippen molar-refractivity contribution in [2.24, 2.45) is 0 Å². The second-order valence-electron chi connectivity index (χ2n) is 18.0. The third kappa shape index (κ3) is 12.3. The minimum absolute atomic E-state index is 0.0245. The van der Waals surface area contributed by atoms with Crippen molar-refractivity contribution in [1.82, 2.24) is 19.9 Å². The van der Waals surface area contributed by atoms with E-state index in [4.69, 9.17) is 48.4 Å². The number of hydrogen-bond donors (Lipinski definition) is 13. The standard InChI is InChI=1S/C42H64N8O22/c51-15-11-49(12-16-67-38-27(58)21(52)24(55)30(70-38)35(61)62)41-43-19-20(33(45-41)47-7-3-1-4-8-47)44-42(46-34(19)48-9-5-2-6-10-48)50(13-17-68-39-28(59)22(53)25(56)31(71-39)36(63)64)14-18-69-40-29(60)23(54)26(57)32(72-40)37(65)66/h21-32,38-40,51-60H,1-18H2,(H,61,62)(H,63,64)(H,65,66). The first kappa shape index (κ1) is 55.1. The van der Waals surface area contributed by atoms with Gasteiger partial charge in [0.15, 0.2) is 48.8 Å². The zero-order valence-corrected chi connectivity index (χ0v) is 39.0. The van der Waals surface area contributed by atoms with Crippen LogP contribution in [0.1, 0.15) is 38.5 Å². The van der Waals surface area contributed by atoms with Gasteiger partial charge in [0.05, 0.1) is 26.4 Å². The van der Waals surface area contributed by atoms with Gasteiger partial charge in [-0.3, -0.25) is 0 Å². The summed E-state index contributed by atoms with van der Waals surface area (Å²) in [4.78, 5) is 62.5. The lowest BCUT2D eigenvalue weighted by Crippen LogP contribution is -2.60. The molecule has 13 N–H and O–H groups in total. The summed E-state index contributed by atoms with van der Waals surface area (Å²) in [5, 5.41) is 133. The van der Waals surface area contributed by atoms with E-state index in [1.807, 2.05) is 9.80 Å². The van der Waals surface area contributed by atoms with Crippen LogP contribution < -0.4 is 19.6 Å². The van der Waals surface area contributed by atoms with Crippen LogP contribution in [0.4, 0.5) is 23.5 Å². The van der Waals surface area contributed by atoms with Crippen molar-refractivity contribution < 1.29 is 109 Å². The lowest BCUT2D eigenvalue weighted by molar-refractivity contribution is -0.294. The number of ether oxygens (including phenoxy) is 6. The van der Waals surface area contributed by atoms with Crippen molar-refractivity contribution in [3.8, 4) is 0 Å². The highest BCUT2D eigenvalue weighted by Gasteiger charge is 2.50. The van der Waals surface area contributed by atoms with E-state index in [0.717, 1.165) is 38.5 Å². The summed E-state index contributed by atoms with van der Waals surface area (Å²) >= 11 is 0. The largest absolute Gasteiger partial charge is 0.479 e. The normalized spacial score (nSPS) is 33.4. The smallest absolute Gasteiger partial charge is 0.335 e. The van der Waals surface area contributed by atoms with E-state index in [9.17, 15) is 80.8 Å². The monoisotopic (exact) mass is 1030 g/mol. The van der Waals surface area contributed by atoms with Crippen LogP contribution in [-0.4, -0.2) is 275 Å². The molecule has 2 aromatic rings. The molecule has 0 aromatic carbocycles. The van der Waals surface area contributed by atoms with Crippen LogP contribution in [0.15, 0.2) is 0 Å². The summed E-state index contributed by atoms with van der Waals surface area (Å²) in [5.41, 5.74) is 0.580. The van der Waals surface area contributed by atoms with Gasteiger partial charge in [0, 0.05) is 52.4 Å². The van der Waals surface area contributed by atoms with Gasteiger partial charge in [-0.1, -0.05) is 0 Å². The number of piperidine rings is 2. The first-order valence-corrected chi connectivity index (χ1v) is 23.7. The Hall–Kier alpha value is -4.61. The van der Waals surface area contributed by atoms with Gasteiger partial charge in [-0.2, -0.15) is 9.97 Å². The summed E-state index contributed by atoms with van der Waals surface area (Å²) < 4.78 is 33.1. The lowest BCUT2D eigenvalue weighted by Gasteiger charge is -2.39. The van der Waals surface area contributed by atoms with Gasteiger partial charge in [0.1, 0.15) is 66.0 Å². The van der Waals surface area contributed by atoms with Crippen molar-refractivity contribution in [3.05, 3.63) is 0 Å². The Kier molecular flexibility index (Phi) is 18.9. The summed E-state index contributed by atoms with van der Waals surface area (Å²) in [6.45, 7) is 0.291. The number of nitrogens with zero attached hydrogens (tertiary/aromatic N) is 8. The van der Waals surface area contributed by atoms with Crippen molar-refractivity contribution in [2.45, 2.75) is 131 Å². The number of aromatic nitrogens is 4. The second kappa shape index (κ2) is 24.6. The molecule has 30 heteroatoms. The topological polar surface area (TPSA) is 434 Å². The molecule has 5 fully saturated rings. The van der Waals surface area contributed by atoms with Crippen LogP contribution in [0.5, 0.6) is 0 Å². The summed E-state index contributed by atoms with van der Waals surface area (Å²) in [5.74, 6) is -3.98. The molecule has 30 nitrogen and oxygen atoms in total. The van der Waals surface area contributed by atoms with Crippen molar-refractivity contribution in [1.29, 1.82) is 0 Å². The maximum absolute atomic E-state index is 11.8. The highest BCUT2D eigenvalue weighted by Crippen LogP contribution is 2.35. The van der Waals surface area contributed by atoms with Crippen LogP contribution in [0.2, 0.25) is 0 Å². The Morgan fingerprint density at radius 1 is 0.458 bits per heavy atom. The molecule has 15 atom stereocenters. The predicted octanol–water partition coefficient (Wildman–Crippen LogP) is -6.27. The van der Waals surface area contributed by atoms with Gasteiger partial charge < -0.3 is 114 Å². The van der Waals surface area contributed by atoms with E-state index < -0.39 is 110 Å². The van der Waals surface area contributed by atoms with Gasteiger partial charge in [0.25, 0.3) is 0 Å². The van der Waals surface area contributed by atoms with E-state index >= 15 is 0 Å². The predicted molar refractivity (Wildman–Crippen MR) is 240 cm³/mol. The van der Waals surface area contributed by atoms with Crippen molar-refractivity contribution in [2.75, 3.05) is 98.4 Å². The number of carboxylic acids is 3. The molecule has 0 aliphatic carbocycles. The zero-order chi connectivity index (χ0) is 52.0. The summed E-state index contributed by atoms with van der Waals surface area (Å²) in [7, 11) is 0. The van der Waals surface area contributed by atoms with E-state index in [1.54, 1.807) is 4.90 Å². The lowest BCUT2D eigenvalue weighted by atomic mass is 9.99. The first-order valence-electron chi connectivity index (χ1n) is 23.7. The number of hydrogen-bond acceptors (Lipinski definition) is 27. The molecule has 5 aliphatic rings. The minimum atomic E-state index is -1.98. The van der Waals surface area contributed by atoms with E-state index in [1.165, 1.54) is 4.90 Å². The van der Waals surface area contributed by atoms with Gasteiger partial charge >= 0.3 is 17.9 Å². The quantitative estimate of drug-likeness (QED) is 0.0553. The Bertz CT molecular complexity index is 2090. The van der Waals surface area contributed by atoms with Gasteiger partial charge in [0.2, 0.25) is 11.9 Å². The molecule has 0 spiro atoms. The van der Waals surface area contributed by atoms with Gasteiger partial charge in [-0.15, -0.1) is 0 Å². The molecule has 0 bridgehead atoms. The number of fused-ring (bicyclic) bond motifs is 1. The van der Waals surface area contributed by atoms with Gasteiger partial charge in [-0.25, -0.2) is 24.4 Å². The SMILES string of the molecule is O=C(O)C1OC(OCCN(CCO)c2nc(N3CCCCC3)c3nc(N(CCOC4OC(C(=O)O)C(O)C(O)C4O)CCOC4OC(C(=O)O)C(O)C(O)C4O)nc(N4CCCCC4)c3n2)C(O)C(O)C1O. The van der Waals surface area contributed by atoms with Crippen LogP contribution in [0.3, 0.4) is 0 Å². The third-order valence-electron chi connectivity index (χ3n) is 13.1. The maximum Gasteiger partial charge on any atom is 0.335 e. The molecule has 72 heavy (non-hydrogen) atoms. The van der Waals surface area contributed by atoms with Crippen LogP contribution in [0, 0.1) is 0 Å². The molecule has 7 heterocycles. The second-order valence-corrected chi connectivity index (χ2v) is 18.0. The van der Waals surface area contributed by atoms with E-state index in [2.05, 4.69) is 0 Å². The van der Waals surface area contributed by atoms with E-state index in [-0.39, 0.29) is 70.0 Å². The summed E-state index contributed by atoms with van der Waals surface area (Å²) in [6, 6.07) is 0. The molecule has 0 saturated carbocycles. The van der Waals surface area contributed by atoms with Crippen LogP contribution >= 0.6 is 0 Å². The number of carbonyl (C=O) groups is 3. The molecule has 7 rings (SSSR count). The maximum atomic E-state index is 11.8. The Morgan fingerprint density at radius 3 is 1.06 bits per heavy atom.